The number of nitrogens with zero attached hydrogens (tertiary/aromatic N) is 6. The number of fused-ring (bicyclic) bond motifs is 2. The molecule has 0 aliphatic carbocycles. The van der Waals surface area contributed by atoms with E-state index in [1.807, 2.05) is 29.0 Å². The molecule has 6 aliphatic heterocycles. The molecule has 0 spiro atoms. The average molecular weight is 950 g/mol. The molecule has 6 aliphatic rings. The van der Waals surface area contributed by atoms with E-state index < -0.39 is 57.0 Å². The number of anilines is 3. The Balaban J connectivity index is 0.655. The minimum Gasteiger partial charge on any atom is -0.372 e. The Morgan fingerprint density at radius 3 is 2.31 bits per heavy atom. The van der Waals surface area contributed by atoms with Crippen molar-refractivity contribution in [3.63, 3.8) is 0 Å². The molecule has 354 valence electrons. The summed E-state index contributed by atoms with van der Waals surface area (Å²) in [5, 5.41) is 2.71. The summed E-state index contributed by atoms with van der Waals surface area (Å²) < 4.78 is 73.1. The first-order valence-electron chi connectivity index (χ1n) is 23.3. The molecule has 3 N–H and O–H groups in total. The second-order valence-electron chi connectivity index (χ2n) is 19.1. The first-order valence-corrected chi connectivity index (χ1v) is 24.7. The molecule has 5 aromatic rings. The van der Waals surface area contributed by atoms with Gasteiger partial charge in [-0.1, -0.05) is 12.1 Å². The number of rotatable bonds is 12. The van der Waals surface area contributed by atoms with E-state index in [0.29, 0.717) is 52.9 Å². The molecular formula is C49H50F3N9O6S. The van der Waals surface area contributed by atoms with Crippen molar-refractivity contribution in [1.29, 1.82) is 0 Å². The van der Waals surface area contributed by atoms with Gasteiger partial charge in [-0.2, -0.15) is 12.7 Å². The SMILES string of the molecule is O=C1CCC(N2Cc3cc(N4CC(C5CN(CC6CCN(c7ccc(-c8cnc9[nH]cc(C(=O)c%10c(F)ccc(NS(=O)(=O)N%11CC[C@@H](F)C%11)c%10F)c9c8)cc7)CC6)C5)C4)ccc3C2=O)C(=O)N1. The fraction of sp³-hybridized carbons (Fsp3) is 0.408. The summed E-state index contributed by atoms with van der Waals surface area (Å²) in [6.07, 6.45) is 4.43. The largest absolute Gasteiger partial charge is 0.372 e. The summed E-state index contributed by atoms with van der Waals surface area (Å²) in [4.78, 5) is 67.3. The molecule has 5 saturated heterocycles. The summed E-state index contributed by atoms with van der Waals surface area (Å²) in [6.45, 7) is 7.13. The van der Waals surface area contributed by atoms with Crippen LogP contribution in [0.25, 0.3) is 22.2 Å². The number of pyridine rings is 1. The molecule has 3 aromatic carbocycles. The number of hydrogen-bond donors (Lipinski definition) is 3. The van der Waals surface area contributed by atoms with Gasteiger partial charge in [0.25, 0.3) is 5.91 Å². The Morgan fingerprint density at radius 1 is 0.824 bits per heavy atom. The van der Waals surface area contributed by atoms with E-state index in [-0.39, 0.29) is 43.3 Å². The van der Waals surface area contributed by atoms with Crippen molar-refractivity contribution in [2.45, 2.75) is 50.9 Å². The number of piperidine rings is 2. The third-order valence-corrected chi connectivity index (χ3v) is 16.4. The number of alkyl halides is 1. The van der Waals surface area contributed by atoms with Gasteiger partial charge in [0.15, 0.2) is 5.82 Å². The van der Waals surface area contributed by atoms with Crippen LogP contribution in [0, 0.1) is 29.4 Å². The van der Waals surface area contributed by atoms with Crippen molar-refractivity contribution in [3.05, 3.63) is 107 Å². The lowest BCUT2D eigenvalue weighted by Gasteiger charge is -2.52. The molecule has 0 saturated carbocycles. The lowest BCUT2D eigenvalue weighted by Crippen LogP contribution is -2.60. The molecule has 1 unspecified atom stereocenters. The van der Waals surface area contributed by atoms with E-state index in [1.54, 1.807) is 17.2 Å². The topological polar surface area (TPSA) is 171 Å². The van der Waals surface area contributed by atoms with Crippen LogP contribution in [0.2, 0.25) is 0 Å². The van der Waals surface area contributed by atoms with Gasteiger partial charge in [-0.25, -0.2) is 18.2 Å². The fourth-order valence-electron chi connectivity index (χ4n) is 10.9. The van der Waals surface area contributed by atoms with Crippen molar-refractivity contribution < 1.29 is 40.8 Å². The van der Waals surface area contributed by atoms with Crippen LogP contribution in [0.15, 0.2) is 73.1 Å². The fourth-order valence-corrected chi connectivity index (χ4v) is 12.1. The summed E-state index contributed by atoms with van der Waals surface area (Å²) in [5.41, 5.74) is 4.06. The van der Waals surface area contributed by atoms with Crippen LogP contribution < -0.4 is 19.8 Å². The Kier molecular flexibility index (Phi) is 11.3. The number of hydrogen-bond acceptors (Lipinski definition) is 10. The van der Waals surface area contributed by atoms with Crippen LogP contribution >= 0.6 is 0 Å². The van der Waals surface area contributed by atoms with E-state index in [9.17, 15) is 32.0 Å². The molecule has 5 fully saturated rings. The van der Waals surface area contributed by atoms with Gasteiger partial charge in [-0.05, 0) is 103 Å². The molecular weight excluding hydrogens is 900 g/mol. The number of amides is 3. The quantitative estimate of drug-likeness (QED) is 0.107. The molecule has 15 nitrogen and oxygen atoms in total. The number of aromatic nitrogens is 2. The van der Waals surface area contributed by atoms with Crippen LogP contribution in [0.1, 0.15) is 63.9 Å². The van der Waals surface area contributed by atoms with E-state index >= 15 is 8.78 Å². The highest BCUT2D eigenvalue weighted by atomic mass is 32.2. The predicted molar refractivity (Wildman–Crippen MR) is 248 cm³/mol. The maximum Gasteiger partial charge on any atom is 0.301 e. The highest BCUT2D eigenvalue weighted by Gasteiger charge is 2.43. The van der Waals surface area contributed by atoms with E-state index in [0.717, 1.165) is 97.6 Å². The van der Waals surface area contributed by atoms with Gasteiger partial charge in [0.2, 0.25) is 17.6 Å². The zero-order valence-electron chi connectivity index (χ0n) is 37.1. The van der Waals surface area contributed by atoms with Crippen LogP contribution in [-0.4, -0.2) is 127 Å². The Labute approximate surface area is 390 Å². The summed E-state index contributed by atoms with van der Waals surface area (Å²) >= 11 is 0. The number of imide groups is 1. The van der Waals surface area contributed by atoms with E-state index in [2.05, 4.69) is 48.2 Å². The third-order valence-electron chi connectivity index (χ3n) is 14.9. The maximum atomic E-state index is 15.8. The molecule has 19 heteroatoms. The van der Waals surface area contributed by atoms with Gasteiger partial charge in [-0.3, -0.25) is 29.2 Å². The maximum absolute atomic E-state index is 15.8. The molecule has 11 rings (SSSR count). The van der Waals surface area contributed by atoms with Crippen molar-refractivity contribution in [2.24, 2.45) is 17.8 Å². The number of halogens is 3. The van der Waals surface area contributed by atoms with E-state index in [1.165, 1.54) is 6.20 Å². The van der Waals surface area contributed by atoms with Gasteiger partial charge in [0, 0.05) is 118 Å². The number of likely N-dealkylation sites (tertiary alicyclic amines) is 1. The molecule has 0 radical (unpaired) electrons. The number of carbonyl (C=O) groups excluding carboxylic acids is 4. The number of nitrogens with one attached hydrogen (secondary N) is 3. The van der Waals surface area contributed by atoms with Gasteiger partial charge in [0.05, 0.1) is 11.3 Å². The molecule has 8 heterocycles. The monoisotopic (exact) mass is 949 g/mol. The van der Waals surface area contributed by atoms with Gasteiger partial charge in [0.1, 0.15) is 23.7 Å². The smallest absolute Gasteiger partial charge is 0.301 e. The van der Waals surface area contributed by atoms with Crippen LogP contribution in [-0.2, 0) is 26.3 Å². The molecule has 68 heavy (non-hydrogen) atoms. The summed E-state index contributed by atoms with van der Waals surface area (Å²) in [6, 6.07) is 16.9. The minimum atomic E-state index is -4.35. The molecule has 2 aromatic heterocycles. The molecule has 2 atom stereocenters. The molecule has 3 amide bonds. The third kappa shape index (κ3) is 8.16. The summed E-state index contributed by atoms with van der Waals surface area (Å²) in [7, 11) is -4.35. The number of carbonyl (C=O) groups is 4. The number of H-pyrrole nitrogens is 1. The zero-order valence-corrected chi connectivity index (χ0v) is 37.9. The number of benzene rings is 3. The van der Waals surface area contributed by atoms with Gasteiger partial charge in [-0.15, -0.1) is 0 Å². The number of aromatic amines is 1. The normalized spacial score (nSPS) is 22.2. The van der Waals surface area contributed by atoms with Gasteiger partial charge >= 0.3 is 10.2 Å². The average Bonchev–Trinajstić information content (AvgIpc) is 4.03. The van der Waals surface area contributed by atoms with Crippen LogP contribution in [0.4, 0.5) is 30.2 Å². The Morgan fingerprint density at radius 2 is 1.57 bits per heavy atom. The van der Waals surface area contributed by atoms with Crippen molar-refractivity contribution in [3.8, 4) is 11.1 Å². The highest BCUT2D eigenvalue weighted by molar-refractivity contribution is 7.90. The zero-order chi connectivity index (χ0) is 47.0. The Hall–Kier alpha value is -6.31. The lowest BCUT2D eigenvalue weighted by molar-refractivity contribution is -0.136. The minimum absolute atomic E-state index is 0.00637. The van der Waals surface area contributed by atoms with Crippen LogP contribution in [0.3, 0.4) is 0 Å². The van der Waals surface area contributed by atoms with Crippen LogP contribution in [0.5, 0.6) is 0 Å². The van der Waals surface area contributed by atoms with Crippen molar-refractivity contribution >= 4 is 61.8 Å². The first kappa shape index (κ1) is 44.2. The second-order valence-corrected chi connectivity index (χ2v) is 20.8. The number of ketones is 1. The molecule has 0 bridgehead atoms. The predicted octanol–water partition coefficient (Wildman–Crippen LogP) is 5.49. The van der Waals surface area contributed by atoms with Crippen molar-refractivity contribution in [1.82, 2.24) is 29.4 Å². The lowest BCUT2D eigenvalue weighted by atomic mass is 9.79. The second kappa shape index (κ2) is 17.3. The van der Waals surface area contributed by atoms with Gasteiger partial charge < -0.3 is 24.6 Å². The standard InChI is InChI=1S/C49H50F3N9O6S/c50-34-13-16-60(27-34)68(66,67)56-41-8-7-40(51)44(45(41)52)46(63)39-20-54-47-38(39)18-30(19-53-47)29-1-3-35(4-2-29)58-14-11-28(12-15-58)21-57-22-32(23-57)33-24-59(25-33)36-5-6-37-31(17-36)26-61(49(37)65)42-9-10-43(62)55-48(42)64/h1-8,17-20,28,32-34,42,56H,9-16,21-27H2,(H,53,54)(H,55,62,64)/t34-,42?/m1/s1. The highest BCUT2D eigenvalue weighted by Crippen LogP contribution is 2.38. The Bertz CT molecular complexity index is 2970. The van der Waals surface area contributed by atoms with Crippen molar-refractivity contribution in [2.75, 3.05) is 73.4 Å². The summed E-state index contributed by atoms with van der Waals surface area (Å²) in [5.74, 6) is -2.43. The first-order chi connectivity index (χ1) is 32.8. The van der Waals surface area contributed by atoms with E-state index in [4.69, 9.17) is 0 Å².